The molecule has 4 rings (SSSR count). The number of nitrogens with zero attached hydrogens (tertiary/aromatic N) is 3. The van der Waals surface area contributed by atoms with Gasteiger partial charge in [0.2, 0.25) is 0 Å². The van der Waals surface area contributed by atoms with Crippen LogP contribution >= 0.6 is 0 Å². The molecule has 6 heteroatoms. The van der Waals surface area contributed by atoms with Crippen molar-refractivity contribution in [1.29, 1.82) is 0 Å². The molecule has 0 saturated heterocycles. The Balaban J connectivity index is 1.48. The van der Waals surface area contributed by atoms with Crippen LogP contribution < -0.4 is 5.32 Å². The molecule has 2 heterocycles. The Bertz CT molecular complexity index is 945. The van der Waals surface area contributed by atoms with Gasteiger partial charge in [0, 0.05) is 5.69 Å². The molecule has 0 bridgehead atoms. The zero-order valence-electron chi connectivity index (χ0n) is 15.5. The molecule has 0 fully saturated rings. The van der Waals surface area contributed by atoms with Crippen LogP contribution in [0.1, 0.15) is 45.9 Å². The number of nitrogens with one attached hydrogen (secondary N) is 1. The number of aryl methyl sites for hydroxylation is 2. The van der Waals surface area contributed by atoms with Gasteiger partial charge < -0.3 is 10.1 Å². The van der Waals surface area contributed by atoms with Crippen molar-refractivity contribution in [3.05, 3.63) is 76.6 Å². The lowest BCUT2D eigenvalue weighted by atomic mass is 10.1. The average molecular weight is 362 g/mol. The maximum absolute atomic E-state index is 12.6. The Morgan fingerprint density at radius 2 is 1.93 bits per heavy atom. The molecule has 6 nitrogen and oxygen atoms in total. The molecule has 1 aromatic heterocycles. The molecule has 2 aromatic carbocycles. The molecule has 27 heavy (non-hydrogen) atoms. The van der Waals surface area contributed by atoms with E-state index in [4.69, 9.17) is 4.74 Å². The summed E-state index contributed by atoms with van der Waals surface area (Å²) in [6, 6.07) is 16.1. The summed E-state index contributed by atoms with van der Waals surface area (Å²) in [6.45, 7) is 5.01. The summed E-state index contributed by atoms with van der Waals surface area (Å²) in [5.41, 5.74) is 5.31. The fraction of sp³-hybridized carbons (Fsp3) is 0.286. The molecule has 1 aliphatic heterocycles. The molecular weight excluding hydrogens is 340 g/mol. The maximum atomic E-state index is 12.6. The van der Waals surface area contributed by atoms with E-state index < -0.39 is 0 Å². The standard InChI is InChI=1S/C21H22N4O2/c1-3-15-6-10-17(11-7-15)22-21(26)20-18-13-27-19(12-25(18)24-23-20)16-8-4-14(2)5-9-16/h4-11,19H,3,12-13H2,1-2H3,(H,22,26). The minimum Gasteiger partial charge on any atom is -0.365 e. The minimum atomic E-state index is -0.266. The predicted octanol–water partition coefficient (Wildman–Crippen LogP) is 3.67. The number of fused-ring (bicyclic) bond motifs is 1. The third-order valence-electron chi connectivity index (χ3n) is 4.88. The first-order chi connectivity index (χ1) is 13.1. The van der Waals surface area contributed by atoms with Gasteiger partial charge in [-0.1, -0.05) is 54.1 Å². The molecule has 0 aliphatic carbocycles. The van der Waals surface area contributed by atoms with Crippen LogP contribution in [0.3, 0.4) is 0 Å². The minimum absolute atomic E-state index is 0.0858. The van der Waals surface area contributed by atoms with Crippen LogP contribution in [0, 0.1) is 6.92 Å². The highest BCUT2D eigenvalue weighted by atomic mass is 16.5. The monoisotopic (exact) mass is 362 g/mol. The van der Waals surface area contributed by atoms with E-state index in [2.05, 4.69) is 53.7 Å². The molecule has 1 aliphatic rings. The summed E-state index contributed by atoms with van der Waals surface area (Å²) in [6.07, 6.45) is 0.879. The molecule has 138 valence electrons. The van der Waals surface area contributed by atoms with Gasteiger partial charge in [-0.25, -0.2) is 4.68 Å². The summed E-state index contributed by atoms with van der Waals surface area (Å²) in [4.78, 5) is 12.6. The van der Waals surface area contributed by atoms with E-state index in [1.165, 1.54) is 11.1 Å². The SMILES string of the molecule is CCc1ccc(NC(=O)c2nnn3c2COC(c2ccc(C)cc2)C3)cc1. The summed E-state index contributed by atoms with van der Waals surface area (Å²) in [7, 11) is 0. The van der Waals surface area contributed by atoms with E-state index in [9.17, 15) is 4.79 Å². The molecule has 1 unspecified atom stereocenters. The van der Waals surface area contributed by atoms with Gasteiger partial charge in [-0.05, 0) is 36.6 Å². The van der Waals surface area contributed by atoms with Crippen LogP contribution in [0.15, 0.2) is 48.5 Å². The Morgan fingerprint density at radius 3 is 2.63 bits per heavy atom. The van der Waals surface area contributed by atoms with Gasteiger partial charge in [-0.3, -0.25) is 4.79 Å². The maximum Gasteiger partial charge on any atom is 0.278 e. The Morgan fingerprint density at radius 1 is 1.19 bits per heavy atom. The van der Waals surface area contributed by atoms with Gasteiger partial charge in [0.25, 0.3) is 5.91 Å². The number of benzene rings is 2. The summed E-state index contributed by atoms with van der Waals surface area (Å²) in [5, 5.41) is 11.1. The number of amides is 1. The lowest BCUT2D eigenvalue weighted by Crippen LogP contribution is -2.24. The number of carbonyl (C=O) groups excluding carboxylic acids is 1. The van der Waals surface area contributed by atoms with Gasteiger partial charge in [-0.15, -0.1) is 5.10 Å². The van der Waals surface area contributed by atoms with Crippen LogP contribution in [-0.4, -0.2) is 20.9 Å². The topological polar surface area (TPSA) is 69.0 Å². The molecule has 0 radical (unpaired) electrons. The third kappa shape index (κ3) is 3.61. The zero-order valence-corrected chi connectivity index (χ0v) is 15.5. The number of carbonyl (C=O) groups is 1. The van der Waals surface area contributed by atoms with Crippen molar-refractivity contribution in [2.75, 3.05) is 5.32 Å². The first-order valence-corrected chi connectivity index (χ1v) is 9.15. The summed E-state index contributed by atoms with van der Waals surface area (Å²) in [5.74, 6) is -0.266. The summed E-state index contributed by atoms with van der Waals surface area (Å²) >= 11 is 0. The first kappa shape index (κ1) is 17.4. The van der Waals surface area contributed by atoms with E-state index in [-0.39, 0.29) is 12.0 Å². The van der Waals surface area contributed by atoms with Gasteiger partial charge >= 0.3 is 0 Å². The number of rotatable bonds is 4. The average Bonchev–Trinajstić information content (AvgIpc) is 3.12. The fourth-order valence-electron chi connectivity index (χ4n) is 3.18. The number of hydrogen-bond donors (Lipinski definition) is 1. The molecule has 1 amide bonds. The van der Waals surface area contributed by atoms with Crippen molar-refractivity contribution in [1.82, 2.24) is 15.0 Å². The van der Waals surface area contributed by atoms with Crippen molar-refractivity contribution < 1.29 is 9.53 Å². The van der Waals surface area contributed by atoms with Gasteiger partial charge in [0.05, 0.1) is 18.8 Å². The lowest BCUT2D eigenvalue weighted by molar-refractivity contribution is -0.00171. The van der Waals surface area contributed by atoms with Crippen LogP contribution in [0.2, 0.25) is 0 Å². The second-order valence-corrected chi connectivity index (χ2v) is 6.78. The smallest absolute Gasteiger partial charge is 0.278 e. The largest absolute Gasteiger partial charge is 0.365 e. The first-order valence-electron chi connectivity index (χ1n) is 9.15. The highest BCUT2D eigenvalue weighted by molar-refractivity contribution is 6.03. The number of hydrogen-bond acceptors (Lipinski definition) is 4. The van der Waals surface area contributed by atoms with Gasteiger partial charge in [0.15, 0.2) is 5.69 Å². The van der Waals surface area contributed by atoms with Crippen LogP contribution in [0.25, 0.3) is 0 Å². The number of anilines is 1. The highest BCUT2D eigenvalue weighted by Gasteiger charge is 2.27. The molecule has 1 atom stereocenters. The van der Waals surface area contributed by atoms with Crippen molar-refractivity contribution in [3.63, 3.8) is 0 Å². The van der Waals surface area contributed by atoms with Crippen molar-refractivity contribution in [2.24, 2.45) is 0 Å². The van der Waals surface area contributed by atoms with E-state index >= 15 is 0 Å². The third-order valence-corrected chi connectivity index (χ3v) is 4.88. The van der Waals surface area contributed by atoms with Crippen LogP contribution in [0.4, 0.5) is 5.69 Å². The van der Waals surface area contributed by atoms with E-state index in [0.29, 0.717) is 24.5 Å². The molecule has 1 N–H and O–H groups in total. The van der Waals surface area contributed by atoms with Gasteiger partial charge in [0.1, 0.15) is 6.10 Å². The highest BCUT2D eigenvalue weighted by Crippen LogP contribution is 2.27. The second-order valence-electron chi connectivity index (χ2n) is 6.78. The predicted molar refractivity (Wildman–Crippen MR) is 103 cm³/mol. The van der Waals surface area contributed by atoms with Crippen LogP contribution in [0.5, 0.6) is 0 Å². The van der Waals surface area contributed by atoms with Gasteiger partial charge in [-0.2, -0.15) is 0 Å². The molecule has 0 spiro atoms. The lowest BCUT2D eigenvalue weighted by Gasteiger charge is -2.24. The Kier molecular flexibility index (Phi) is 4.73. The molecule has 3 aromatic rings. The van der Waals surface area contributed by atoms with E-state index in [0.717, 1.165) is 17.7 Å². The number of aromatic nitrogens is 3. The molecule has 0 saturated carbocycles. The van der Waals surface area contributed by atoms with Crippen molar-refractivity contribution in [3.8, 4) is 0 Å². The zero-order chi connectivity index (χ0) is 18.8. The van der Waals surface area contributed by atoms with Crippen LogP contribution in [-0.2, 0) is 24.3 Å². The van der Waals surface area contributed by atoms with E-state index in [1.54, 1.807) is 4.68 Å². The van der Waals surface area contributed by atoms with Crippen molar-refractivity contribution >= 4 is 11.6 Å². The van der Waals surface area contributed by atoms with Crippen molar-refractivity contribution in [2.45, 2.75) is 39.5 Å². The normalized spacial score (nSPS) is 16.0. The Hall–Kier alpha value is -2.99. The second kappa shape index (κ2) is 7.32. The quantitative estimate of drug-likeness (QED) is 0.769. The fourth-order valence-corrected chi connectivity index (χ4v) is 3.18. The molecular formula is C21H22N4O2. The summed E-state index contributed by atoms with van der Waals surface area (Å²) < 4.78 is 7.75. The van der Waals surface area contributed by atoms with E-state index in [1.807, 2.05) is 24.3 Å². The number of ether oxygens (including phenoxy) is 1. The Labute approximate surface area is 158 Å².